The second kappa shape index (κ2) is 8.97. The van der Waals surface area contributed by atoms with Crippen LogP contribution >= 0.6 is 0 Å². The van der Waals surface area contributed by atoms with Crippen molar-refractivity contribution in [1.29, 1.82) is 0 Å². The van der Waals surface area contributed by atoms with E-state index in [1.807, 2.05) is 30.3 Å². The van der Waals surface area contributed by atoms with Crippen molar-refractivity contribution in [3.63, 3.8) is 0 Å². The molecule has 0 amide bonds. The summed E-state index contributed by atoms with van der Waals surface area (Å²) in [7, 11) is 2.77. The number of fused-ring (bicyclic) bond motifs is 1. The lowest BCUT2D eigenvalue weighted by atomic mass is 9.87. The summed E-state index contributed by atoms with van der Waals surface area (Å²) < 4.78 is 15.8. The van der Waals surface area contributed by atoms with Gasteiger partial charge in [-0.05, 0) is 23.8 Å². The van der Waals surface area contributed by atoms with Crippen molar-refractivity contribution in [1.82, 2.24) is 10.2 Å². The van der Waals surface area contributed by atoms with Crippen LogP contribution in [0.4, 0.5) is 0 Å². The van der Waals surface area contributed by atoms with Gasteiger partial charge in [-0.15, -0.1) is 0 Å². The molecule has 8 heteroatoms. The first-order valence-electron chi connectivity index (χ1n) is 10.0. The first-order chi connectivity index (χ1) is 15.5. The van der Waals surface area contributed by atoms with Crippen molar-refractivity contribution < 1.29 is 18.7 Å². The van der Waals surface area contributed by atoms with Gasteiger partial charge in [-0.2, -0.15) is 0 Å². The Morgan fingerprint density at radius 3 is 2.56 bits per heavy atom. The van der Waals surface area contributed by atoms with Gasteiger partial charge < -0.3 is 19.0 Å². The highest BCUT2D eigenvalue weighted by molar-refractivity contribution is 5.79. The summed E-state index contributed by atoms with van der Waals surface area (Å²) in [5.74, 6) is -0.912. The Labute approximate surface area is 182 Å². The fourth-order valence-electron chi connectivity index (χ4n) is 3.82. The van der Waals surface area contributed by atoms with Gasteiger partial charge in [0.05, 0.1) is 32.3 Å². The number of methoxy groups -OCH3 is 2. The molecule has 1 atom stereocenters. The number of nitrogens with one attached hydrogen (secondary N) is 2. The maximum absolute atomic E-state index is 13.4. The number of ether oxygens (including phenoxy) is 2. The molecule has 0 radical (unpaired) electrons. The van der Waals surface area contributed by atoms with Crippen LogP contribution in [0.15, 0.2) is 68.8 Å². The van der Waals surface area contributed by atoms with Crippen molar-refractivity contribution in [3.05, 3.63) is 97.8 Å². The Balaban J connectivity index is 1.88. The van der Waals surface area contributed by atoms with Crippen LogP contribution in [-0.4, -0.2) is 30.4 Å². The van der Waals surface area contributed by atoms with Gasteiger partial charge in [-0.1, -0.05) is 30.3 Å². The SMILES string of the molecule is COC(=O)CC(c1c(Cc2ccccc2)[nH][nH]c1=O)c1coc2ccc(OC)cc2c1=O. The van der Waals surface area contributed by atoms with Crippen LogP contribution in [0.3, 0.4) is 0 Å². The quantitative estimate of drug-likeness (QED) is 0.432. The van der Waals surface area contributed by atoms with E-state index in [-0.39, 0.29) is 17.4 Å². The summed E-state index contributed by atoms with van der Waals surface area (Å²) in [4.78, 5) is 38.4. The number of aromatic nitrogens is 2. The number of hydrogen-bond donors (Lipinski definition) is 2. The third-order valence-electron chi connectivity index (χ3n) is 5.45. The highest BCUT2D eigenvalue weighted by Gasteiger charge is 2.29. The molecule has 0 spiro atoms. The van der Waals surface area contributed by atoms with Crippen LogP contribution in [0.25, 0.3) is 11.0 Å². The van der Waals surface area contributed by atoms with E-state index >= 15 is 0 Å². The summed E-state index contributed by atoms with van der Waals surface area (Å²) in [5.41, 5.74) is 1.67. The maximum atomic E-state index is 13.4. The lowest BCUT2D eigenvalue weighted by molar-refractivity contribution is -0.140. The Morgan fingerprint density at radius 1 is 1.06 bits per heavy atom. The smallest absolute Gasteiger partial charge is 0.306 e. The molecule has 0 bridgehead atoms. The molecule has 0 fully saturated rings. The number of benzene rings is 2. The Bertz CT molecular complexity index is 1370. The molecule has 0 aliphatic heterocycles. The molecule has 2 aromatic carbocycles. The van der Waals surface area contributed by atoms with Crippen molar-refractivity contribution in [2.45, 2.75) is 18.8 Å². The van der Waals surface area contributed by atoms with Crippen LogP contribution in [0.2, 0.25) is 0 Å². The number of hydrogen-bond acceptors (Lipinski definition) is 6. The zero-order chi connectivity index (χ0) is 22.7. The fourth-order valence-corrected chi connectivity index (χ4v) is 3.82. The number of rotatable bonds is 7. The zero-order valence-corrected chi connectivity index (χ0v) is 17.6. The predicted octanol–water partition coefficient (Wildman–Crippen LogP) is 3.10. The molecule has 0 aliphatic rings. The lowest BCUT2D eigenvalue weighted by Gasteiger charge is -2.16. The van der Waals surface area contributed by atoms with Crippen molar-refractivity contribution in [3.8, 4) is 5.75 Å². The van der Waals surface area contributed by atoms with Gasteiger partial charge in [0.25, 0.3) is 5.56 Å². The van der Waals surface area contributed by atoms with Crippen molar-refractivity contribution >= 4 is 16.9 Å². The van der Waals surface area contributed by atoms with E-state index in [0.717, 1.165) is 5.56 Å². The van der Waals surface area contributed by atoms with Crippen LogP contribution in [-0.2, 0) is 16.0 Å². The molecule has 4 aromatic rings. The minimum atomic E-state index is -0.858. The van der Waals surface area contributed by atoms with Crippen molar-refractivity contribution in [2.75, 3.05) is 14.2 Å². The number of H-pyrrole nitrogens is 2. The summed E-state index contributed by atoms with van der Waals surface area (Å²) >= 11 is 0. The zero-order valence-electron chi connectivity index (χ0n) is 17.6. The Kier molecular flexibility index (Phi) is 5.93. The molecule has 0 aliphatic carbocycles. The average molecular weight is 434 g/mol. The van der Waals surface area contributed by atoms with Gasteiger partial charge in [-0.3, -0.25) is 19.5 Å². The summed E-state index contributed by atoms with van der Waals surface area (Å²) in [6.07, 6.45) is 1.53. The number of esters is 1. The van der Waals surface area contributed by atoms with Gasteiger partial charge in [0.1, 0.15) is 11.3 Å². The van der Waals surface area contributed by atoms with Gasteiger partial charge in [0, 0.05) is 29.2 Å². The summed E-state index contributed by atoms with van der Waals surface area (Å²) in [5, 5.41) is 5.78. The van der Waals surface area contributed by atoms with E-state index in [9.17, 15) is 14.4 Å². The fraction of sp³-hybridized carbons (Fsp3) is 0.208. The monoisotopic (exact) mass is 434 g/mol. The van der Waals surface area contributed by atoms with Gasteiger partial charge >= 0.3 is 5.97 Å². The first-order valence-corrected chi connectivity index (χ1v) is 10.0. The molecule has 1 unspecified atom stereocenters. The highest BCUT2D eigenvalue weighted by atomic mass is 16.5. The lowest BCUT2D eigenvalue weighted by Crippen LogP contribution is -2.23. The van der Waals surface area contributed by atoms with Crippen LogP contribution < -0.4 is 15.7 Å². The third-order valence-corrected chi connectivity index (χ3v) is 5.45. The van der Waals surface area contributed by atoms with E-state index in [1.165, 1.54) is 20.5 Å². The van der Waals surface area contributed by atoms with E-state index in [1.54, 1.807) is 18.2 Å². The Hall–Kier alpha value is -4.07. The van der Waals surface area contributed by atoms with Crippen LogP contribution in [0.5, 0.6) is 5.75 Å². The number of carbonyl (C=O) groups is 1. The largest absolute Gasteiger partial charge is 0.497 e. The molecule has 2 aromatic heterocycles. The normalized spacial score (nSPS) is 11.9. The van der Waals surface area contributed by atoms with Crippen LogP contribution in [0.1, 0.15) is 34.7 Å². The molecule has 4 rings (SSSR count). The minimum Gasteiger partial charge on any atom is -0.497 e. The van der Waals surface area contributed by atoms with E-state index in [0.29, 0.717) is 34.4 Å². The maximum Gasteiger partial charge on any atom is 0.306 e. The molecular weight excluding hydrogens is 412 g/mol. The molecule has 8 nitrogen and oxygen atoms in total. The second-order valence-electron chi connectivity index (χ2n) is 7.35. The second-order valence-corrected chi connectivity index (χ2v) is 7.35. The number of aromatic amines is 2. The molecule has 164 valence electrons. The molecule has 0 saturated heterocycles. The van der Waals surface area contributed by atoms with Gasteiger partial charge in [0.2, 0.25) is 0 Å². The molecule has 2 N–H and O–H groups in total. The third kappa shape index (κ3) is 4.07. The minimum absolute atomic E-state index is 0.190. The molecule has 0 saturated carbocycles. The number of carbonyl (C=O) groups excluding carboxylic acids is 1. The topological polar surface area (TPSA) is 114 Å². The average Bonchev–Trinajstić information content (AvgIpc) is 3.18. The van der Waals surface area contributed by atoms with E-state index < -0.39 is 17.4 Å². The Morgan fingerprint density at radius 2 is 1.84 bits per heavy atom. The van der Waals surface area contributed by atoms with Crippen molar-refractivity contribution in [2.24, 2.45) is 0 Å². The van der Waals surface area contributed by atoms with Crippen LogP contribution in [0, 0.1) is 0 Å². The molecule has 2 heterocycles. The summed E-state index contributed by atoms with van der Waals surface area (Å²) in [6.45, 7) is 0. The first kappa shape index (κ1) is 21.2. The standard InChI is InChI=1S/C24H22N2O6/c1-30-15-8-9-20-17(11-15)23(28)18(13-32-20)16(12-21(27)31-2)22-19(25-26-24(22)29)10-14-6-4-3-5-7-14/h3-9,11,13,16H,10,12H2,1-2H3,(H2,25,26,29). The summed E-state index contributed by atoms with van der Waals surface area (Å²) in [6, 6.07) is 14.5. The molecular formula is C24H22N2O6. The van der Waals surface area contributed by atoms with E-state index in [2.05, 4.69) is 10.2 Å². The van der Waals surface area contributed by atoms with Gasteiger partial charge in [0.15, 0.2) is 5.43 Å². The van der Waals surface area contributed by atoms with Gasteiger partial charge in [-0.25, -0.2) is 0 Å². The highest BCUT2D eigenvalue weighted by Crippen LogP contribution is 2.29. The predicted molar refractivity (Wildman–Crippen MR) is 118 cm³/mol. The molecule has 32 heavy (non-hydrogen) atoms. The van der Waals surface area contributed by atoms with E-state index in [4.69, 9.17) is 13.9 Å².